The number of carbonyl (C=O) groups excluding carboxylic acids is 2. The average molecular weight is 340 g/mol. The predicted octanol–water partition coefficient (Wildman–Crippen LogP) is 3.88. The summed E-state index contributed by atoms with van der Waals surface area (Å²) in [6.45, 7) is 1.97. The van der Waals surface area contributed by atoms with Crippen LogP contribution >= 0.6 is 0 Å². The van der Waals surface area contributed by atoms with E-state index in [9.17, 15) is 9.59 Å². The van der Waals surface area contributed by atoms with Crippen molar-refractivity contribution < 1.29 is 19.1 Å². The third-order valence-electron chi connectivity index (χ3n) is 7.68. The van der Waals surface area contributed by atoms with E-state index in [1.165, 1.54) is 0 Å². The summed E-state index contributed by atoms with van der Waals surface area (Å²) in [5, 5.41) is 0. The molecule has 2 aliphatic carbocycles. The summed E-state index contributed by atoms with van der Waals surface area (Å²) in [6.07, 6.45) is 6.90. The highest BCUT2D eigenvalue weighted by Gasteiger charge is 2.86. The van der Waals surface area contributed by atoms with Crippen LogP contribution in [-0.2, 0) is 24.7 Å². The Hall–Kier alpha value is -1.84. The van der Waals surface area contributed by atoms with Crippen LogP contribution in [0.5, 0.6) is 0 Å². The quantitative estimate of drug-likeness (QED) is 0.728. The van der Waals surface area contributed by atoms with Crippen molar-refractivity contribution in [1.82, 2.24) is 0 Å². The molecule has 0 N–H and O–H groups in total. The highest BCUT2D eigenvalue weighted by atomic mass is 16.6. The third kappa shape index (κ3) is 1.44. The molecular weight excluding hydrogens is 316 g/mol. The zero-order valence-corrected chi connectivity index (χ0v) is 14.7. The Bertz CT molecular complexity index is 740. The van der Waals surface area contributed by atoms with Gasteiger partial charge in [0.05, 0.1) is 0 Å². The molecule has 0 amide bonds. The molecule has 0 aromatic heterocycles. The van der Waals surface area contributed by atoms with Crippen molar-refractivity contribution in [2.45, 2.75) is 69.5 Å². The molecule has 0 bridgehead atoms. The van der Waals surface area contributed by atoms with Crippen LogP contribution in [0.3, 0.4) is 0 Å². The van der Waals surface area contributed by atoms with Crippen molar-refractivity contribution in [1.29, 1.82) is 0 Å². The van der Waals surface area contributed by atoms with Gasteiger partial charge in [-0.25, -0.2) is 0 Å². The minimum Gasteiger partial charge on any atom is -0.453 e. The van der Waals surface area contributed by atoms with Crippen LogP contribution in [0.4, 0.5) is 0 Å². The lowest BCUT2D eigenvalue weighted by molar-refractivity contribution is -0.169. The van der Waals surface area contributed by atoms with Gasteiger partial charge in [-0.2, -0.15) is 0 Å². The zero-order valence-electron chi connectivity index (χ0n) is 14.7. The lowest BCUT2D eigenvalue weighted by atomic mass is 9.56. The Labute approximate surface area is 147 Å². The van der Waals surface area contributed by atoms with Gasteiger partial charge in [-0.3, -0.25) is 9.59 Å². The van der Waals surface area contributed by atoms with Crippen LogP contribution in [0.2, 0.25) is 0 Å². The molecule has 25 heavy (non-hydrogen) atoms. The number of rotatable bonds is 1. The van der Waals surface area contributed by atoms with Crippen LogP contribution < -0.4 is 0 Å². The topological polar surface area (TPSA) is 52.6 Å². The van der Waals surface area contributed by atoms with E-state index < -0.39 is 22.0 Å². The number of fused-ring (bicyclic) bond motifs is 3. The van der Waals surface area contributed by atoms with Crippen molar-refractivity contribution >= 4 is 11.9 Å². The summed E-state index contributed by atoms with van der Waals surface area (Å²) in [7, 11) is 0. The molecule has 2 heterocycles. The Morgan fingerprint density at radius 2 is 1.28 bits per heavy atom. The highest BCUT2D eigenvalue weighted by Crippen LogP contribution is 2.74. The van der Waals surface area contributed by atoms with Crippen LogP contribution in [0.15, 0.2) is 30.3 Å². The van der Waals surface area contributed by atoms with E-state index in [1.807, 2.05) is 37.3 Å². The van der Waals surface area contributed by atoms with Gasteiger partial charge < -0.3 is 9.47 Å². The van der Waals surface area contributed by atoms with Gasteiger partial charge in [0.1, 0.15) is 10.8 Å². The molecule has 2 spiro atoms. The van der Waals surface area contributed by atoms with Crippen LogP contribution in [0.25, 0.3) is 0 Å². The van der Waals surface area contributed by atoms with Crippen LogP contribution in [-0.4, -0.2) is 17.5 Å². The average Bonchev–Trinajstić information content (AvgIpc) is 3.35. The first-order valence-corrected chi connectivity index (χ1v) is 9.55. The number of benzene rings is 1. The molecular formula is C21H24O4. The summed E-state index contributed by atoms with van der Waals surface area (Å²) in [6, 6.07) is 9.88. The molecule has 2 aliphatic heterocycles. The summed E-state index contributed by atoms with van der Waals surface area (Å²) < 4.78 is 12.5. The van der Waals surface area contributed by atoms with Crippen molar-refractivity contribution in [2.75, 3.05) is 0 Å². The second kappa shape index (κ2) is 4.66. The molecule has 4 nitrogen and oxygen atoms in total. The monoisotopic (exact) mass is 340 g/mol. The second-order valence-corrected chi connectivity index (χ2v) is 8.44. The standard InChI is InChI=1S/C21H24O4/c1-18-19(11-5-6-12-19)16(22)25-21(18,15-9-3-2-4-10-15)20(17(23)24-18)13-7-8-14-20/h2-4,9-10H,5-8,11-14H2,1H3/t18-,21+/m0/s1. The van der Waals surface area contributed by atoms with Gasteiger partial charge in [-0.15, -0.1) is 0 Å². The molecule has 4 heteroatoms. The number of ether oxygens (including phenoxy) is 2. The van der Waals surface area contributed by atoms with Gasteiger partial charge >= 0.3 is 11.9 Å². The van der Waals surface area contributed by atoms with Crippen LogP contribution in [0, 0.1) is 10.8 Å². The maximum absolute atomic E-state index is 13.2. The van der Waals surface area contributed by atoms with E-state index in [1.54, 1.807) is 0 Å². The molecule has 0 radical (unpaired) electrons. The minimum absolute atomic E-state index is 0.157. The fourth-order valence-electron chi connectivity index (χ4n) is 6.49. The van der Waals surface area contributed by atoms with E-state index in [0.717, 1.165) is 56.9 Å². The molecule has 132 valence electrons. The van der Waals surface area contributed by atoms with Crippen LogP contribution in [0.1, 0.15) is 63.9 Å². The maximum atomic E-state index is 13.2. The van der Waals surface area contributed by atoms with E-state index >= 15 is 0 Å². The fourth-order valence-corrected chi connectivity index (χ4v) is 6.49. The molecule has 4 aliphatic rings. The number of esters is 2. The first-order valence-electron chi connectivity index (χ1n) is 9.55. The molecule has 5 rings (SSSR count). The van der Waals surface area contributed by atoms with Gasteiger partial charge in [-0.1, -0.05) is 56.0 Å². The lowest BCUT2D eigenvalue weighted by Gasteiger charge is -2.44. The summed E-state index contributed by atoms with van der Waals surface area (Å²) >= 11 is 0. The predicted molar refractivity (Wildman–Crippen MR) is 90.5 cm³/mol. The Kier molecular flexibility index (Phi) is 2.87. The molecule has 1 aromatic carbocycles. The SMILES string of the molecule is C[C@@]12OC(=O)C3(CCCC3)[C@]1(c1ccccc1)OC(=O)C21CCCC1. The fraction of sp³-hybridized carbons (Fsp3) is 0.619. The van der Waals surface area contributed by atoms with Gasteiger partial charge in [0.25, 0.3) is 0 Å². The Balaban J connectivity index is 1.82. The smallest absolute Gasteiger partial charge is 0.317 e. The first kappa shape index (κ1) is 15.4. The van der Waals surface area contributed by atoms with Crippen molar-refractivity contribution in [3.05, 3.63) is 35.9 Å². The number of hydrogen-bond donors (Lipinski definition) is 0. The number of carbonyl (C=O) groups is 2. The lowest BCUT2D eigenvalue weighted by Crippen LogP contribution is -2.57. The Morgan fingerprint density at radius 1 is 0.760 bits per heavy atom. The normalized spacial score (nSPS) is 37.5. The maximum Gasteiger partial charge on any atom is 0.317 e. The summed E-state index contributed by atoms with van der Waals surface area (Å²) in [5.41, 5.74) is -2.41. The highest BCUT2D eigenvalue weighted by molar-refractivity contribution is 5.92. The molecule has 2 saturated heterocycles. The molecule has 0 unspecified atom stereocenters. The van der Waals surface area contributed by atoms with E-state index in [4.69, 9.17) is 9.47 Å². The van der Waals surface area contributed by atoms with Gasteiger partial charge in [0.15, 0.2) is 11.2 Å². The molecule has 2 saturated carbocycles. The Morgan fingerprint density at radius 3 is 1.88 bits per heavy atom. The van der Waals surface area contributed by atoms with Gasteiger partial charge in [0.2, 0.25) is 0 Å². The summed E-state index contributed by atoms with van der Waals surface area (Å²) in [5.74, 6) is -0.315. The summed E-state index contributed by atoms with van der Waals surface area (Å²) in [4.78, 5) is 26.5. The van der Waals surface area contributed by atoms with E-state index in [2.05, 4.69) is 0 Å². The van der Waals surface area contributed by atoms with Gasteiger partial charge in [0, 0.05) is 5.56 Å². The first-order chi connectivity index (χ1) is 12.0. The second-order valence-electron chi connectivity index (χ2n) is 8.44. The van der Waals surface area contributed by atoms with Crippen molar-refractivity contribution in [3.63, 3.8) is 0 Å². The molecule has 4 fully saturated rings. The largest absolute Gasteiger partial charge is 0.453 e. The van der Waals surface area contributed by atoms with E-state index in [0.29, 0.717) is 0 Å². The number of hydrogen-bond acceptors (Lipinski definition) is 4. The van der Waals surface area contributed by atoms with E-state index in [-0.39, 0.29) is 11.9 Å². The van der Waals surface area contributed by atoms with Crippen molar-refractivity contribution in [2.24, 2.45) is 10.8 Å². The van der Waals surface area contributed by atoms with Gasteiger partial charge in [-0.05, 0) is 32.6 Å². The molecule has 2 atom stereocenters. The van der Waals surface area contributed by atoms with Crippen molar-refractivity contribution in [3.8, 4) is 0 Å². The third-order valence-corrected chi connectivity index (χ3v) is 7.68. The minimum atomic E-state index is -0.990. The zero-order chi connectivity index (χ0) is 17.3. The molecule has 1 aromatic rings.